The Morgan fingerprint density at radius 1 is 1.50 bits per heavy atom. The Balaban J connectivity index is 2.63. The number of rotatable bonds is 3. The highest BCUT2D eigenvalue weighted by atomic mass is 16.2. The Morgan fingerprint density at radius 3 is 3.00 bits per heavy atom. The molecule has 0 unspecified atom stereocenters. The zero-order valence-corrected chi connectivity index (χ0v) is 7.07. The van der Waals surface area contributed by atoms with Gasteiger partial charge in [0, 0.05) is 12.8 Å². The Labute approximate surface area is 71.8 Å². The second kappa shape index (κ2) is 4.62. The van der Waals surface area contributed by atoms with Gasteiger partial charge in [-0.25, -0.2) is 0 Å². The summed E-state index contributed by atoms with van der Waals surface area (Å²) in [4.78, 5) is 8.20. The summed E-state index contributed by atoms with van der Waals surface area (Å²) in [6.07, 6.45) is 7.81. The number of hydrogen-bond acceptors (Lipinski definition) is 3. The van der Waals surface area contributed by atoms with Gasteiger partial charge >= 0.3 is 0 Å². The van der Waals surface area contributed by atoms with Crippen LogP contribution in [-0.4, -0.2) is 21.7 Å². The molecule has 0 amide bonds. The van der Waals surface area contributed by atoms with Gasteiger partial charge in [0.05, 0.1) is 17.6 Å². The summed E-state index contributed by atoms with van der Waals surface area (Å²) in [6.45, 7) is 2.08. The van der Waals surface area contributed by atoms with E-state index >= 15 is 0 Å². The minimum absolute atomic E-state index is 0.176. The smallest absolute Gasteiger partial charge is 0.0812 e. The molecule has 3 nitrogen and oxygen atoms in total. The van der Waals surface area contributed by atoms with Crippen LogP contribution in [0.4, 0.5) is 0 Å². The monoisotopic (exact) mass is 164 g/mol. The predicted octanol–water partition coefficient (Wildman–Crippen LogP) is 1.18. The maximum absolute atomic E-state index is 8.51. The minimum atomic E-state index is 0.176. The topological polar surface area (TPSA) is 46.0 Å². The third-order valence-electron chi connectivity index (χ3n) is 1.36. The molecule has 12 heavy (non-hydrogen) atoms. The van der Waals surface area contributed by atoms with Gasteiger partial charge in [0.15, 0.2) is 0 Å². The number of aromatic nitrogens is 2. The summed E-state index contributed by atoms with van der Waals surface area (Å²) in [5.41, 5.74) is 1.74. The third-order valence-corrected chi connectivity index (χ3v) is 1.36. The summed E-state index contributed by atoms with van der Waals surface area (Å²) < 4.78 is 0. The van der Waals surface area contributed by atoms with Crippen LogP contribution in [0.1, 0.15) is 17.8 Å². The Morgan fingerprint density at radius 2 is 2.33 bits per heavy atom. The first-order valence-electron chi connectivity index (χ1n) is 3.89. The molecule has 1 aromatic heterocycles. The van der Waals surface area contributed by atoms with Crippen LogP contribution >= 0.6 is 0 Å². The van der Waals surface area contributed by atoms with E-state index in [1.165, 1.54) is 0 Å². The van der Waals surface area contributed by atoms with Crippen molar-refractivity contribution in [3.8, 4) is 0 Å². The van der Waals surface area contributed by atoms with Crippen molar-refractivity contribution in [1.82, 2.24) is 9.97 Å². The van der Waals surface area contributed by atoms with Crippen molar-refractivity contribution in [2.24, 2.45) is 0 Å². The largest absolute Gasteiger partial charge is 0.396 e. The molecule has 1 aromatic rings. The lowest BCUT2D eigenvalue weighted by Gasteiger charge is -1.92. The zero-order valence-electron chi connectivity index (χ0n) is 7.07. The van der Waals surface area contributed by atoms with E-state index in [1.54, 1.807) is 12.4 Å². The lowest BCUT2D eigenvalue weighted by Crippen LogP contribution is -1.86. The van der Waals surface area contributed by atoms with Crippen LogP contribution in [0.15, 0.2) is 18.5 Å². The van der Waals surface area contributed by atoms with Crippen molar-refractivity contribution < 1.29 is 5.11 Å². The molecule has 0 saturated carbocycles. The summed E-state index contributed by atoms with van der Waals surface area (Å²) in [6, 6.07) is 0. The second-order valence-electron chi connectivity index (χ2n) is 2.50. The molecular formula is C9H12N2O. The highest BCUT2D eigenvalue weighted by molar-refractivity contribution is 5.42. The molecule has 0 aliphatic heterocycles. The van der Waals surface area contributed by atoms with Crippen LogP contribution in [0.5, 0.6) is 0 Å². The fourth-order valence-corrected chi connectivity index (χ4v) is 0.842. The van der Waals surface area contributed by atoms with Crippen molar-refractivity contribution in [2.45, 2.75) is 13.3 Å². The number of aliphatic hydroxyl groups excluding tert-OH is 1. The first-order chi connectivity index (χ1) is 5.83. The quantitative estimate of drug-likeness (QED) is 0.729. The zero-order chi connectivity index (χ0) is 8.81. The van der Waals surface area contributed by atoms with E-state index in [0.29, 0.717) is 6.42 Å². The molecule has 1 N–H and O–H groups in total. The van der Waals surface area contributed by atoms with E-state index in [9.17, 15) is 0 Å². The molecule has 64 valence electrons. The van der Waals surface area contributed by atoms with Crippen LogP contribution in [0, 0.1) is 6.92 Å². The van der Waals surface area contributed by atoms with E-state index < -0.39 is 0 Å². The molecule has 3 heteroatoms. The van der Waals surface area contributed by atoms with Gasteiger partial charge in [-0.15, -0.1) is 0 Å². The lowest BCUT2D eigenvalue weighted by molar-refractivity contribution is 0.303. The molecule has 0 saturated heterocycles. The summed E-state index contributed by atoms with van der Waals surface area (Å²) in [5.74, 6) is 0. The normalized spacial score (nSPS) is 10.8. The van der Waals surface area contributed by atoms with E-state index in [0.717, 1.165) is 11.4 Å². The standard InChI is InChI=1S/C9H12N2O/c1-8-6-10-7-9(11-8)4-2-3-5-12/h2,4,6-7,12H,3,5H2,1H3. The number of hydrogen-bond donors (Lipinski definition) is 1. The Kier molecular flexibility index (Phi) is 3.41. The first-order valence-corrected chi connectivity index (χ1v) is 3.89. The van der Waals surface area contributed by atoms with Gasteiger partial charge in [-0.05, 0) is 19.4 Å². The van der Waals surface area contributed by atoms with Crippen molar-refractivity contribution >= 4 is 6.08 Å². The number of nitrogens with zero attached hydrogens (tertiary/aromatic N) is 2. The van der Waals surface area contributed by atoms with Gasteiger partial charge in [-0.2, -0.15) is 0 Å². The highest BCUT2D eigenvalue weighted by Crippen LogP contribution is 1.97. The predicted molar refractivity (Wildman–Crippen MR) is 47.5 cm³/mol. The van der Waals surface area contributed by atoms with E-state index in [1.807, 2.05) is 19.1 Å². The fourth-order valence-electron chi connectivity index (χ4n) is 0.842. The van der Waals surface area contributed by atoms with Crippen LogP contribution in [-0.2, 0) is 0 Å². The Hall–Kier alpha value is -1.22. The summed E-state index contributed by atoms with van der Waals surface area (Å²) in [7, 11) is 0. The molecule has 1 rings (SSSR count). The first kappa shape index (κ1) is 8.87. The third kappa shape index (κ3) is 2.80. The minimum Gasteiger partial charge on any atom is -0.396 e. The molecule has 0 spiro atoms. The van der Waals surface area contributed by atoms with Gasteiger partial charge in [-0.1, -0.05) is 6.08 Å². The maximum Gasteiger partial charge on any atom is 0.0812 e. The van der Waals surface area contributed by atoms with Gasteiger partial charge in [0.25, 0.3) is 0 Å². The number of aliphatic hydroxyl groups is 1. The van der Waals surface area contributed by atoms with Gasteiger partial charge in [-0.3, -0.25) is 9.97 Å². The molecule has 0 aromatic carbocycles. The van der Waals surface area contributed by atoms with Crippen molar-refractivity contribution in [3.05, 3.63) is 29.9 Å². The fraction of sp³-hybridized carbons (Fsp3) is 0.333. The molecule has 0 fully saturated rings. The Bertz CT molecular complexity index is 271. The molecule has 0 atom stereocenters. The highest BCUT2D eigenvalue weighted by Gasteiger charge is 1.88. The van der Waals surface area contributed by atoms with Crippen LogP contribution in [0.2, 0.25) is 0 Å². The molecular weight excluding hydrogens is 152 g/mol. The van der Waals surface area contributed by atoms with Gasteiger partial charge in [0.1, 0.15) is 0 Å². The molecule has 1 heterocycles. The van der Waals surface area contributed by atoms with E-state index in [-0.39, 0.29) is 6.61 Å². The SMILES string of the molecule is Cc1cncc(C=CCCO)n1. The molecule has 0 radical (unpaired) electrons. The molecule has 0 bridgehead atoms. The summed E-state index contributed by atoms with van der Waals surface area (Å²) >= 11 is 0. The van der Waals surface area contributed by atoms with Crippen molar-refractivity contribution in [1.29, 1.82) is 0 Å². The van der Waals surface area contributed by atoms with Crippen molar-refractivity contribution in [2.75, 3.05) is 6.61 Å². The molecule has 0 aliphatic carbocycles. The van der Waals surface area contributed by atoms with Gasteiger partial charge in [0.2, 0.25) is 0 Å². The van der Waals surface area contributed by atoms with Crippen molar-refractivity contribution in [3.63, 3.8) is 0 Å². The van der Waals surface area contributed by atoms with E-state index in [4.69, 9.17) is 5.11 Å². The van der Waals surface area contributed by atoms with E-state index in [2.05, 4.69) is 9.97 Å². The number of aryl methyl sites for hydroxylation is 1. The average molecular weight is 164 g/mol. The average Bonchev–Trinajstić information content (AvgIpc) is 2.05. The molecule has 0 aliphatic rings. The van der Waals surface area contributed by atoms with Crippen LogP contribution in [0.3, 0.4) is 0 Å². The second-order valence-corrected chi connectivity index (χ2v) is 2.50. The maximum atomic E-state index is 8.51. The van der Waals surface area contributed by atoms with Crippen LogP contribution in [0.25, 0.3) is 6.08 Å². The van der Waals surface area contributed by atoms with Crippen LogP contribution < -0.4 is 0 Å². The van der Waals surface area contributed by atoms with Gasteiger partial charge < -0.3 is 5.11 Å². The lowest BCUT2D eigenvalue weighted by atomic mass is 10.3. The summed E-state index contributed by atoms with van der Waals surface area (Å²) in [5, 5.41) is 8.51.